The molecule has 0 aliphatic carbocycles. The Labute approximate surface area is 328 Å². The lowest BCUT2D eigenvalue weighted by Crippen LogP contribution is -2.22. The van der Waals surface area contributed by atoms with Gasteiger partial charge in [0.15, 0.2) is 0 Å². The maximum Gasteiger partial charge on any atom is 0.251 e. The third kappa shape index (κ3) is 6.65. The summed E-state index contributed by atoms with van der Waals surface area (Å²) < 4.78 is 15.5. The van der Waals surface area contributed by atoms with Crippen LogP contribution in [0.15, 0.2) is 124 Å². The Morgan fingerprint density at radius 2 is 1.30 bits per heavy atom. The quantitative estimate of drug-likeness (QED) is 0.141. The van der Waals surface area contributed by atoms with Gasteiger partial charge in [-0.2, -0.15) is 9.03 Å². The van der Waals surface area contributed by atoms with E-state index >= 15 is 0 Å². The Kier molecular flexibility index (Phi) is 9.04. The number of halogens is 2. The van der Waals surface area contributed by atoms with Crippen LogP contribution < -0.4 is 10.6 Å². The minimum absolute atomic E-state index is 0.176. The number of aromatic nitrogens is 6. The number of benzene rings is 5. The van der Waals surface area contributed by atoms with Crippen molar-refractivity contribution in [2.24, 2.45) is 0 Å². The molecule has 0 bridgehead atoms. The zero-order chi connectivity index (χ0) is 38.3. The maximum absolute atomic E-state index is 13.0. The first-order chi connectivity index (χ1) is 27.3. The van der Waals surface area contributed by atoms with E-state index in [0.717, 1.165) is 21.9 Å². The van der Waals surface area contributed by atoms with Gasteiger partial charge < -0.3 is 19.5 Å². The van der Waals surface area contributed by atoms with Crippen LogP contribution in [0.4, 0.5) is 0 Å². The summed E-state index contributed by atoms with van der Waals surface area (Å²) in [6.07, 6.45) is 1.89. The molecule has 14 heteroatoms. The number of fused-ring (bicyclic) bond motifs is 3. The van der Waals surface area contributed by atoms with Crippen LogP contribution in [0, 0.1) is 6.92 Å². The molecule has 4 aromatic heterocycles. The second kappa shape index (κ2) is 14.5. The second-order valence-corrected chi connectivity index (χ2v) is 13.9. The van der Waals surface area contributed by atoms with E-state index in [1.807, 2.05) is 37.3 Å². The van der Waals surface area contributed by atoms with Gasteiger partial charge in [-0.3, -0.25) is 9.59 Å². The van der Waals surface area contributed by atoms with E-state index in [1.54, 1.807) is 75.9 Å². The van der Waals surface area contributed by atoms with Crippen molar-refractivity contribution in [2.45, 2.75) is 26.4 Å². The molecule has 56 heavy (non-hydrogen) atoms. The summed E-state index contributed by atoms with van der Waals surface area (Å²) in [6.45, 7) is 2.49. The number of carbonyl (C=O) groups excluding carboxylic acids is 2. The molecule has 9 aromatic rings. The highest BCUT2D eigenvalue weighted by Gasteiger charge is 2.21. The SMILES string of the molecule is Cc1nc(Cc2ncc3oc(-c4ccc(C(=O)NCc5cccc6ccccc56)cc4)nn23)c2oc(-c3ccc(C(=O)NCc4cccc(Cl)c4Cl)cc3)nn12. The van der Waals surface area contributed by atoms with Gasteiger partial charge in [0, 0.05) is 35.3 Å². The number of hydrogen-bond donors (Lipinski definition) is 2. The van der Waals surface area contributed by atoms with Gasteiger partial charge in [-0.15, -0.1) is 10.2 Å². The van der Waals surface area contributed by atoms with Gasteiger partial charge in [0.25, 0.3) is 11.8 Å². The Morgan fingerprint density at radius 1 is 0.696 bits per heavy atom. The highest BCUT2D eigenvalue weighted by Crippen LogP contribution is 2.28. The highest BCUT2D eigenvalue weighted by molar-refractivity contribution is 6.42. The summed E-state index contributed by atoms with van der Waals surface area (Å²) in [5.74, 6) is 1.54. The van der Waals surface area contributed by atoms with E-state index < -0.39 is 0 Å². The molecule has 0 aliphatic heterocycles. The Morgan fingerprint density at radius 3 is 2.04 bits per heavy atom. The molecule has 0 aliphatic rings. The first kappa shape index (κ1) is 35.0. The summed E-state index contributed by atoms with van der Waals surface area (Å²) in [7, 11) is 0. The predicted molar refractivity (Wildman–Crippen MR) is 212 cm³/mol. The highest BCUT2D eigenvalue weighted by atomic mass is 35.5. The molecule has 0 saturated heterocycles. The second-order valence-electron chi connectivity index (χ2n) is 13.1. The average molecular weight is 782 g/mol. The number of carbonyl (C=O) groups is 2. The van der Waals surface area contributed by atoms with Crippen molar-refractivity contribution in [1.29, 1.82) is 0 Å². The molecule has 0 spiro atoms. The van der Waals surface area contributed by atoms with Gasteiger partial charge in [0.2, 0.25) is 23.2 Å². The van der Waals surface area contributed by atoms with Crippen LogP contribution >= 0.6 is 23.2 Å². The number of imidazole rings is 2. The zero-order valence-corrected chi connectivity index (χ0v) is 31.2. The van der Waals surface area contributed by atoms with E-state index in [0.29, 0.717) is 79.4 Å². The molecule has 12 nitrogen and oxygen atoms in total. The van der Waals surface area contributed by atoms with Crippen molar-refractivity contribution < 1.29 is 18.4 Å². The zero-order valence-electron chi connectivity index (χ0n) is 29.7. The Balaban J connectivity index is 0.874. The van der Waals surface area contributed by atoms with Crippen LogP contribution in [0.2, 0.25) is 10.0 Å². The van der Waals surface area contributed by atoms with Gasteiger partial charge in [-0.1, -0.05) is 77.8 Å². The molecule has 2 amide bonds. The molecule has 5 aromatic carbocycles. The van der Waals surface area contributed by atoms with Crippen molar-refractivity contribution in [1.82, 2.24) is 39.8 Å². The van der Waals surface area contributed by atoms with Gasteiger partial charge >= 0.3 is 0 Å². The first-order valence-electron chi connectivity index (χ1n) is 17.6. The number of rotatable bonds is 10. The molecule has 4 heterocycles. The average Bonchev–Trinajstić information content (AvgIpc) is 4.01. The summed E-state index contributed by atoms with van der Waals surface area (Å²) in [5, 5.41) is 18.3. The molecule has 0 fully saturated rings. The number of nitrogens with one attached hydrogen (secondary N) is 2. The monoisotopic (exact) mass is 780 g/mol. The van der Waals surface area contributed by atoms with Crippen LogP contribution in [-0.2, 0) is 19.5 Å². The van der Waals surface area contributed by atoms with E-state index in [4.69, 9.17) is 32.0 Å². The molecule has 9 rings (SSSR count). The van der Waals surface area contributed by atoms with E-state index in [2.05, 4.69) is 49.0 Å². The number of nitrogens with zero attached hydrogens (tertiary/aromatic N) is 6. The largest absolute Gasteiger partial charge is 0.417 e. The molecular formula is C42H30Cl2N8O4. The molecule has 0 unspecified atom stereocenters. The molecule has 0 saturated carbocycles. The summed E-state index contributed by atoms with van der Waals surface area (Å²) in [5.41, 5.74) is 5.70. The lowest BCUT2D eigenvalue weighted by Gasteiger charge is -2.09. The van der Waals surface area contributed by atoms with Gasteiger partial charge in [-0.25, -0.2) is 9.97 Å². The smallest absolute Gasteiger partial charge is 0.251 e. The standard InChI is InChI=1S/C42H30Cl2N8O4/c1-24-48-34(42-51(24)49-41(56-42)29-18-14-27(15-19-29)39(54)47-22-31-9-5-11-33(43)37(31)44)20-35-45-23-36-52(35)50-40(55-36)28-16-12-26(13-17-28)38(53)46-21-30-8-4-7-25-6-2-3-10-32(25)30/h2-19,23H,20-22H2,1H3,(H,46,53)(H,47,54). The molecule has 0 radical (unpaired) electrons. The third-order valence-corrected chi connectivity index (χ3v) is 10.4. The topological polar surface area (TPSA) is 145 Å². The Hall–Kier alpha value is -6.76. The van der Waals surface area contributed by atoms with Crippen molar-refractivity contribution in [3.63, 3.8) is 0 Å². The number of aryl methyl sites for hydroxylation is 1. The van der Waals surface area contributed by atoms with Crippen LogP contribution in [0.1, 0.15) is 49.2 Å². The van der Waals surface area contributed by atoms with Crippen molar-refractivity contribution in [3.05, 3.63) is 165 Å². The Bertz CT molecular complexity index is 2920. The summed E-state index contributed by atoms with van der Waals surface area (Å²) in [4.78, 5) is 35.1. The van der Waals surface area contributed by atoms with Crippen LogP contribution in [0.3, 0.4) is 0 Å². The van der Waals surface area contributed by atoms with Crippen molar-refractivity contribution in [2.75, 3.05) is 0 Å². The van der Waals surface area contributed by atoms with Crippen LogP contribution in [-0.4, -0.2) is 41.0 Å². The predicted octanol–water partition coefficient (Wildman–Crippen LogP) is 8.51. The summed E-state index contributed by atoms with van der Waals surface area (Å²) in [6, 6.07) is 33.5. The fourth-order valence-corrected chi connectivity index (χ4v) is 6.96. The first-order valence-corrected chi connectivity index (χ1v) is 18.4. The maximum atomic E-state index is 13.0. The van der Waals surface area contributed by atoms with Crippen LogP contribution in [0.25, 0.3) is 45.1 Å². The minimum Gasteiger partial charge on any atom is -0.417 e. The van der Waals surface area contributed by atoms with Crippen LogP contribution in [0.5, 0.6) is 0 Å². The molecule has 2 N–H and O–H groups in total. The van der Waals surface area contributed by atoms with E-state index in [1.165, 1.54) is 0 Å². The molecular weight excluding hydrogens is 751 g/mol. The van der Waals surface area contributed by atoms with Gasteiger partial charge in [-0.05, 0) is 83.4 Å². The lowest BCUT2D eigenvalue weighted by molar-refractivity contribution is 0.0943. The number of hydrogen-bond acceptors (Lipinski definition) is 8. The van der Waals surface area contributed by atoms with E-state index in [-0.39, 0.29) is 24.8 Å². The minimum atomic E-state index is -0.259. The fourth-order valence-electron chi connectivity index (χ4n) is 6.57. The third-order valence-electron chi connectivity index (χ3n) is 9.50. The van der Waals surface area contributed by atoms with E-state index in [9.17, 15) is 9.59 Å². The fraction of sp³-hybridized carbons (Fsp3) is 0.0952. The normalized spacial score (nSPS) is 11.5. The molecule has 0 atom stereocenters. The van der Waals surface area contributed by atoms with Crippen molar-refractivity contribution >= 4 is 57.2 Å². The molecule has 276 valence electrons. The summed E-state index contributed by atoms with van der Waals surface area (Å²) >= 11 is 12.4. The van der Waals surface area contributed by atoms with Gasteiger partial charge in [0.1, 0.15) is 17.3 Å². The number of amides is 2. The lowest BCUT2D eigenvalue weighted by atomic mass is 10.0. The van der Waals surface area contributed by atoms with Gasteiger partial charge in [0.05, 0.1) is 22.7 Å². The van der Waals surface area contributed by atoms with Crippen molar-refractivity contribution in [3.8, 4) is 22.9 Å².